The molecule has 0 saturated carbocycles. The van der Waals surface area contributed by atoms with Crippen LogP contribution in [0.2, 0.25) is 0 Å². The molecule has 5 nitrogen and oxygen atoms in total. The summed E-state index contributed by atoms with van der Waals surface area (Å²) in [5.74, 6) is -3.42. The van der Waals surface area contributed by atoms with Crippen molar-refractivity contribution in [2.24, 2.45) is 0 Å². The molecule has 0 unspecified atom stereocenters. The Morgan fingerprint density at radius 1 is 1.44 bits per heavy atom. The van der Waals surface area contributed by atoms with Crippen LogP contribution in [0, 0.1) is 0 Å². The molecule has 1 rings (SSSR count). The lowest BCUT2D eigenvalue weighted by atomic mass is 10.2. The number of carboxylic acids is 1. The number of aliphatic carboxylic acids is 1. The summed E-state index contributed by atoms with van der Waals surface area (Å²) < 4.78 is 59.0. The maximum Gasteiger partial charge on any atom is 0.404 e. The van der Waals surface area contributed by atoms with Gasteiger partial charge < -0.3 is 5.11 Å². The summed E-state index contributed by atoms with van der Waals surface area (Å²) in [7, 11) is -4.58. The molecular weight excluding hydrogens is 251 g/mol. The van der Waals surface area contributed by atoms with Crippen molar-refractivity contribution in [1.82, 2.24) is 4.31 Å². The fraction of sp³-hybridized carbons (Fsp3) is 0.857. The lowest BCUT2D eigenvalue weighted by Crippen LogP contribution is -2.44. The van der Waals surface area contributed by atoms with Crippen LogP contribution in [-0.2, 0) is 14.8 Å². The van der Waals surface area contributed by atoms with E-state index in [1.54, 1.807) is 0 Å². The number of nitrogens with zero attached hydrogens (tertiary/aromatic N) is 1. The van der Waals surface area contributed by atoms with Crippen molar-refractivity contribution >= 4 is 16.0 Å². The third-order valence-electron chi connectivity index (χ3n) is 2.19. The molecule has 94 valence electrons. The molecule has 1 saturated heterocycles. The second-order valence-corrected chi connectivity index (χ2v) is 5.40. The molecule has 1 N–H and O–H groups in total. The van der Waals surface area contributed by atoms with Crippen molar-refractivity contribution in [3.63, 3.8) is 0 Å². The zero-order chi connectivity index (χ0) is 12.6. The van der Waals surface area contributed by atoms with E-state index in [1.165, 1.54) is 0 Å². The molecule has 0 aliphatic carbocycles. The van der Waals surface area contributed by atoms with Crippen LogP contribution in [0.5, 0.6) is 0 Å². The summed E-state index contributed by atoms with van der Waals surface area (Å²) in [5, 5.41) is 8.66. The number of carbonyl (C=O) groups is 1. The molecule has 0 spiro atoms. The summed E-state index contributed by atoms with van der Waals surface area (Å²) in [6, 6.07) is -1.37. The normalized spacial score (nSPS) is 23.6. The summed E-state index contributed by atoms with van der Waals surface area (Å²) >= 11 is 0. The highest BCUT2D eigenvalue weighted by Crippen LogP contribution is 2.26. The van der Waals surface area contributed by atoms with Crippen molar-refractivity contribution in [3.8, 4) is 0 Å². The number of halogens is 3. The number of carboxylic acid groups (broad SMARTS) is 1. The van der Waals surface area contributed by atoms with Gasteiger partial charge in [0.25, 0.3) is 0 Å². The zero-order valence-corrected chi connectivity index (χ0v) is 8.88. The molecule has 0 aromatic heterocycles. The second-order valence-electron chi connectivity index (χ2n) is 3.48. The predicted molar refractivity (Wildman–Crippen MR) is 47.2 cm³/mol. The average Bonchev–Trinajstić information content (AvgIpc) is 2.45. The van der Waals surface area contributed by atoms with Crippen LogP contribution in [-0.4, -0.2) is 48.3 Å². The monoisotopic (exact) mass is 261 g/mol. The van der Waals surface area contributed by atoms with Gasteiger partial charge >= 0.3 is 12.1 Å². The Morgan fingerprint density at radius 3 is 2.44 bits per heavy atom. The Hall–Kier alpha value is -0.830. The van der Waals surface area contributed by atoms with Crippen molar-refractivity contribution < 1.29 is 31.5 Å². The number of hydrogen-bond donors (Lipinski definition) is 1. The van der Waals surface area contributed by atoms with E-state index >= 15 is 0 Å². The minimum Gasteiger partial charge on any atom is -0.480 e. The maximum absolute atomic E-state index is 12.0. The van der Waals surface area contributed by atoms with Gasteiger partial charge in [0.15, 0.2) is 5.75 Å². The first kappa shape index (κ1) is 13.2. The van der Waals surface area contributed by atoms with Crippen LogP contribution < -0.4 is 0 Å². The van der Waals surface area contributed by atoms with Gasteiger partial charge in [0.2, 0.25) is 10.0 Å². The molecule has 0 aromatic carbocycles. The fourth-order valence-corrected chi connectivity index (χ4v) is 3.18. The quantitative estimate of drug-likeness (QED) is 0.799. The Morgan fingerprint density at radius 2 is 2.00 bits per heavy atom. The van der Waals surface area contributed by atoms with Crippen molar-refractivity contribution in [1.29, 1.82) is 0 Å². The number of rotatable bonds is 3. The first-order chi connectivity index (χ1) is 7.13. The largest absolute Gasteiger partial charge is 0.480 e. The van der Waals surface area contributed by atoms with Gasteiger partial charge in [-0.25, -0.2) is 8.42 Å². The lowest BCUT2D eigenvalue weighted by Gasteiger charge is -2.21. The van der Waals surface area contributed by atoms with Crippen molar-refractivity contribution in [2.45, 2.75) is 25.1 Å². The van der Waals surface area contributed by atoms with Crippen LogP contribution in [0.1, 0.15) is 12.8 Å². The SMILES string of the molecule is O=C(O)[C@H]1CCCN1S(=O)(=O)CC(F)(F)F. The molecule has 1 heterocycles. The van der Waals surface area contributed by atoms with E-state index < -0.39 is 34.0 Å². The van der Waals surface area contributed by atoms with Gasteiger partial charge in [0.05, 0.1) is 0 Å². The molecule has 9 heteroatoms. The number of hydrogen-bond acceptors (Lipinski definition) is 3. The van der Waals surface area contributed by atoms with Gasteiger partial charge in [-0.15, -0.1) is 0 Å². The maximum atomic E-state index is 12.0. The van der Waals surface area contributed by atoms with E-state index in [4.69, 9.17) is 5.11 Å². The van der Waals surface area contributed by atoms with Gasteiger partial charge in [-0.1, -0.05) is 0 Å². The van der Waals surface area contributed by atoms with E-state index in [-0.39, 0.29) is 19.4 Å². The van der Waals surface area contributed by atoms with Crippen LogP contribution in [0.3, 0.4) is 0 Å². The predicted octanol–water partition coefficient (Wildman–Crippen LogP) is 0.427. The van der Waals surface area contributed by atoms with Crippen LogP contribution in [0.15, 0.2) is 0 Å². The summed E-state index contributed by atoms with van der Waals surface area (Å²) in [6.07, 6.45) is -4.55. The minimum atomic E-state index is -4.86. The number of sulfonamides is 1. The van der Waals surface area contributed by atoms with E-state index in [0.717, 1.165) is 0 Å². The van der Waals surface area contributed by atoms with E-state index in [2.05, 4.69) is 0 Å². The van der Waals surface area contributed by atoms with Crippen LogP contribution in [0.4, 0.5) is 13.2 Å². The van der Waals surface area contributed by atoms with Crippen LogP contribution >= 0.6 is 0 Å². The smallest absolute Gasteiger partial charge is 0.404 e. The van der Waals surface area contributed by atoms with Gasteiger partial charge in [-0.05, 0) is 12.8 Å². The highest BCUT2D eigenvalue weighted by molar-refractivity contribution is 7.89. The Labute approximate surface area is 89.9 Å². The molecule has 1 aliphatic heterocycles. The van der Waals surface area contributed by atoms with Crippen molar-refractivity contribution in [2.75, 3.05) is 12.3 Å². The average molecular weight is 261 g/mol. The Kier molecular flexibility index (Phi) is 3.48. The topological polar surface area (TPSA) is 74.7 Å². The molecule has 0 bridgehead atoms. The summed E-state index contributed by atoms with van der Waals surface area (Å²) in [5.41, 5.74) is 0. The summed E-state index contributed by atoms with van der Waals surface area (Å²) in [6.45, 7) is -0.171. The molecule has 1 atom stereocenters. The highest BCUT2D eigenvalue weighted by Gasteiger charge is 2.44. The molecule has 0 radical (unpaired) electrons. The zero-order valence-electron chi connectivity index (χ0n) is 8.07. The lowest BCUT2D eigenvalue weighted by molar-refractivity contribution is -0.140. The molecule has 1 aliphatic rings. The molecule has 16 heavy (non-hydrogen) atoms. The third kappa shape index (κ3) is 3.08. The second kappa shape index (κ2) is 4.21. The third-order valence-corrected chi connectivity index (χ3v) is 4.04. The first-order valence-electron chi connectivity index (χ1n) is 4.42. The van der Waals surface area contributed by atoms with Crippen LogP contribution in [0.25, 0.3) is 0 Å². The standard InChI is InChI=1S/C7H10F3NO4S/c8-7(9,10)4-16(14,15)11-3-1-2-5(11)6(12)13/h5H,1-4H2,(H,12,13)/t5-/m1/s1. The fourth-order valence-electron chi connectivity index (χ4n) is 1.61. The van der Waals surface area contributed by atoms with E-state index in [0.29, 0.717) is 4.31 Å². The van der Waals surface area contributed by atoms with Gasteiger partial charge in [-0.2, -0.15) is 17.5 Å². The Bertz CT molecular complexity index is 378. The summed E-state index contributed by atoms with van der Waals surface area (Å²) in [4.78, 5) is 10.6. The minimum absolute atomic E-state index is 0.0480. The molecule has 1 fully saturated rings. The number of alkyl halides is 3. The Balaban J connectivity index is 2.87. The van der Waals surface area contributed by atoms with Gasteiger partial charge in [0, 0.05) is 6.54 Å². The van der Waals surface area contributed by atoms with E-state index in [9.17, 15) is 26.4 Å². The van der Waals surface area contributed by atoms with E-state index in [1.807, 2.05) is 0 Å². The molecular formula is C7H10F3NO4S. The first-order valence-corrected chi connectivity index (χ1v) is 6.03. The molecule has 0 amide bonds. The van der Waals surface area contributed by atoms with Crippen molar-refractivity contribution in [3.05, 3.63) is 0 Å². The highest BCUT2D eigenvalue weighted by atomic mass is 32.2. The molecule has 0 aromatic rings. The van der Waals surface area contributed by atoms with Gasteiger partial charge in [-0.3, -0.25) is 4.79 Å². The van der Waals surface area contributed by atoms with Gasteiger partial charge in [0.1, 0.15) is 6.04 Å².